The van der Waals surface area contributed by atoms with Crippen LogP contribution in [-0.4, -0.2) is 10.7 Å². The average molecular weight is 417 g/mol. The zero-order valence-electron chi connectivity index (χ0n) is 21.2. The van der Waals surface area contributed by atoms with E-state index in [9.17, 15) is 5.11 Å². The lowest BCUT2D eigenvalue weighted by molar-refractivity contribution is -0.222. The summed E-state index contributed by atoms with van der Waals surface area (Å²) in [4.78, 5) is 0. The van der Waals surface area contributed by atoms with Crippen LogP contribution >= 0.6 is 0 Å². The molecule has 4 aliphatic carbocycles. The lowest BCUT2D eigenvalue weighted by Gasteiger charge is -2.64. The number of hydrogen-bond donors (Lipinski definition) is 1. The van der Waals surface area contributed by atoms with Crippen LogP contribution < -0.4 is 0 Å². The zero-order valence-corrected chi connectivity index (χ0v) is 21.2. The second kappa shape index (κ2) is 8.39. The third kappa shape index (κ3) is 3.52. The van der Waals surface area contributed by atoms with Crippen molar-refractivity contribution in [3.63, 3.8) is 0 Å². The Kier molecular flexibility index (Phi) is 6.47. The third-order valence-electron chi connectivity index (χ3n) is 11.9. The van der Waals surface area contributed by atoms with Crippen molar-refractivity contribution in [1.82, 2.24) is 0 Å². The molecular weight excluding hydrogens is 364 g/mol. The molecule has 0 aromatic heterocycles. The van der Waals surface area contributed by atoms with Gasteiger partial charge in [-0.1, -0.05) is 67.2 Å². The van der Waals surface area contributed by atoms with Gasteiger partial charge in [0, 0.05) is 0 Å². The summed E-state index contributed by atoms with van der Waals surface area (Å²) in [6, 6.07) is 0. The maximum atomic E-state index is 12.4. The standard InChI is InChI=1S/C29H52O/c1-7-22(20(2)3)12-11-21(4)24-13-14-25-28(24,6)18-16-26-27(5)17-9-8-10-23(27)15-19-29(25,26)30/h20-26,30H,7-19H2,1-6H3/t21-,22-,23?,24-,25-,26-,27+,28-,29-/m1/s1. The van der Waals surface area contributed by atoms with Crippen molar-refractivity contribution in [2.75, 3.05) is 0 Å². The average Bonchev–Trinajstić information content (AvgIpc) is 3.06. The normalized spacial score (nSPS) is 48.0. The van der Waals surface area contributed by atoms with Crippen molar-refractivity contribution in [3.05, 3.63) is 0 Å². The molecule has 1 unspecified atom stereocenters. The molecule has 1 nitrogen and oxygen atoms in total. The summed E-state index contributed by atoms with van der Waals surface area (Å²) in [6.45, 7) is 14.9. The fraction of sp³-hybridized carbons (Fsp3) is 1.00. The Bertz CT molecular complexity index is 597. The first-order chi connectivity index (χ1) is 14.2. The Labute approximate surface area is 188 Å². The molecule has 0 amide bonds. The minimum absolute atomic E-state index is 0.367. The molecule has 174 valence electrons. The van der Waals surface area contributed by atoms with Gasteiger partial charge in [-0.2, -0.15) is 0 Å². The third-order valence-corrected chi connectivity index (χ3v) is 11.9. The summed E-state index contributed by atoms with van der Waals surface area (Å²) in [5, 5.41) is 12.4. The van der Waals surface area contributed by atoms with E-state index in [0.29, 0.717) is 22.7 Å². The largest absolute Gasteiger partial charge is 0.389 e. The van der Waals surface area contributed by atoms with Gasteiger partial charge in [-0.3, -0.25) is 0 Å². The maximum Gasteiger partial charge on any atom is 0.0714 e. The van der Waals surface area contributed by atoms with Gasteiger partial charge in [-0.15, -0.1) is 0 Å². The lowest BCUT2D eigenvalue weighted by atomic mass is 9.42. The fourth-order valence-electron chi connectivity index (χ4n) is 10.0. The van der Waals surface area contributed by atoms with Gasteiger partial charge in [0.25, 0.3) is 0 Å². The van der Waals surface area contributed by atoms with E-state index in [-0.39, 0.29) is 5.60 Å². The smallest absolute Gasteiger partial charge is 0.0714 e. The molecule has 0 bridgehead atoms. The molecular formula is C29H52O. The molecule has 1 heteroatoms. The van der Waals surface area contributed by atoms with E-state index in [1.807, 2.05) is 0 Å². The van der Waals surface area contributed by atoms with E-state index in [1.165, 1.54) is 77.0 Å². The molecule has 9 atom stereocenters. The molecule has 0 saturated heterocycles. The van der Waals surface area contributed by atoms with E-state index < -0.39 is 0 Å². The minimum atomic E-state index is -0.367. The van der Waals surface area contributed by atoms with Crippen molar-refractivity contribution in [2.45, 2.75) is 131 Å². The van der Waals surface area contributed by atoms with Crippen LogP contribution in [0, 0.1) is 52.3 Å². The summed E-state index contributed by atoms with van der Waals surface area (Å²) in [6.07, 6.45) is 17.5. The second-order valence-corrected chi connectivity index (χ2v) is 13.3. The molecule has 4 saturated carbocycles. The maximum absolute atomic E-state index is 12.4. The minimum Gasteiger partial charge on any atom is -0.389 e. The Balaban J connectivity index is 1.50. The van der Waals surface area contributed by atoms with Gasteiger partial charge >= 0.3 is 0 Å². The highest BCUT2D eigenvalue weighted by molar-refractivity contribution is 5.16. The van der Waals surface area contributed by atoms with Gasteiger partial charge < -0.3 is 5.11 Å². The molecule has 30 heavy (non-hydrogen) atoms. The van der Waals surface area contributed by atoms with E-state index in [4.69, 9.17) is 0 Å². The van der Waals surface area contributed by atoms with Crippen LogP contribution in [0.3, 0.4) is 0 Å². The van der Waals surface area contributed by atoms with Crippen molar-refractivity contribution < 1.29 is 5.11 Å². The monoisotopic (exact) mass is 416 g/mol. The first-order valence-electron chi connectivity index (χ1n) is 13.9. The van der Waals surface area contributed by atoms with Crippen LogP contribution in [-0.2, 0) is 0 Å². The first-order valence-corrected chi connectivity index (χ1v) is 13.9. The van der Waals surface area contributed by atoms with Gasteiger partial charge in [0.1, 0.15) is 0 Å². The van der Waals surface area contributed by atoms with E-state index in [2.05, 4.69) is 41.5 Å². The van der Waals surface area contributed by atoms with Gasteiger partial charge in [0.15, 0.2) is 0 Å². The van der Waals surface area contributed by atoms with Crippen molar-refractivity contribution >= 4 is 0 Å². The molecule has 4 aliphatic rings. The van der Waals surface area contributed by atoms with E-state index in [1.54, 1.807) is 0 Å². The summed E-state index contributed by atoms with van der Waals surface area (Å²) >= 11 is 0. The van der Waals surface area contributed by atoms with Crippen LogP contribution in [0.2, 0.25) is 0 Å². The molecule has 0 aromatic rings. The number of rotatable bonds is 6. The Morgan fingerprint density at radius 2 is 1.53 bits per heavy atom. The van der Waals surface area contributed by atoms with Crippen LogP contribution in [0.25, 0.3) is 0 Å². The number of hydrogen-bond acceptors (Lipinski definition) is 1. The number of fused-ring (bicyclic) bond motifs is 5. The first kappa shape index (κ1) is 23.1. The molecule has 4 rings (SSSR count). The van der Waals surface area contributed by atoms with Gasteiger partial charge in [-0.05, 0) is 110 Å². The van der Waals surface area contributed by atoms with Crippen LogP contribution in [0.1, 0.15) is 125 Å². The van der Waals surface area contributed by atoms with Crippen LogP contribution in [0.15, 0.2) is 0 Å². The van der Waals surface area contributed by atoms with Crippen LogP contribution in [0.5, 0.6) is 0 Å². The molecule has 0 radical (unpaired) electrons. The predicted octanol–water partition coefficient (Wildman–Crippen LogP) is 8.25. The molecule has 0 aromatic carbocycles. The predicted molar refractivity (Wildman–Crippen MR) is 128 cm³/mol. The van der Waals surface area contributed by atoms with Gasteiger partial charge in [0.05, 0.1) is 5.60 Å². The topological polar surface area (TPSA) is 20.2 Å². The van der Waals surface area contributed by atoms with Crippen LogP contribution in [0.4, 0.5) is 0 Å². The highest BCUT2D eigenvalue weighted by Gasteiger charge is 2.66. The SMILES string of the molecule is CC[C@H](CC[C@@H](C)[C@H]1CC[C@@H]2[C@]1(C)CC[C@H]1[C@@]2(O)CCC2CCCC[C@@]21C)C(C)C. The molecule has 0 spiro atoms. The Morgan fingerprint density at radius 1 is 0.800 bits per heavy atom. The highest BCUT2D eigenvalue weighted by atomic mass is 16.3. The summed E-state index contributed by atoms with van der Waals surface area (Å²) in [5.74, 6) is 5.36. The summed E-state index contributed by atoms with van der Waals surface area (Å²) < 4.78 is 0. The Morgan fingerprint density at radius 3 is 2.23 bits per heavy atom. The molecule has 1 N–H and O–H groups in total. The van der Waals surface area contributed by atoms with Gasteiger partial charge in [0.2, 0.25) is 0 Å². The zero-order chi connectivity index (χ0) is 21.7. The van der Waals surface area contributed by atoms with Crippen molar-refractivity contribution in [1.29, 1.82) is 0 Å². The van der Waals surface area contributed by atoms with E-state index in [0.717, 1.165) is 36.0 Å². The summed E-state index contributed by atoms with van der Waals surface area (Å²) in [7, 11) is 0. The van der Waals surface area contributed by atoms with E-state index >= 15 is 0 Å². The fourth-order valence-corrected chi connectivity index (χ4v) is 10.0. The number of aliphatic hydroxyl groups is 1. The van der Waals surface area contributed by atoms with Crippen molar-refractivity contribution in [2.24, 2.45) is 52.3 Å². The van der Waals surface area contributed by atoms with Gasteiger partial charge in [-0.25, -0.2) is 0 Å². The highest BCUT2D eigenvalue weighted by Crippen LogP contribution is 2.69. The summed E-state index contributed by atoms with van der Waals surface area (Å²) in [5.41, 5.74) is 0.428. The molecule has 4 fully saturated rings. The van der Waals surface area contributed by atoms with Crippen molar-refractivity contribution in [3.8, 4) is 0 Å². The molecule has 0 heterocycles. The molecule has 0 aliphatic heterocycles. The quantitative estimate of drug-likeness (QED) is 0.462. The Hall–Kier alpha value is -0.0400. The lowest BCUT2D eigenvalue weighted by Crippen LogP contribution is -2.63. The second-order valence-electron chi connectivity index (χ2n) is 13.3.